The number of hydrogen-bond donors (Lipinski definition) is 2. The smallest absolute Gasteiger partial charge is 0.261 e. The van der Waals surface area contributed by atoms with Gasteiger partial charge in [0.15, 0.2) is 0 Å². The normalized spacial score (nSPS) is 11.0. The van der Waals surface area contributed by atoms with Crippen molar-refractivity contribution in [1.82, 2.24) is 5.32 Å². The van der Waals surface area contributed by atoms with E-state index in [2.05, 4.69) is 30.9 Å². The van der Waals surface area contributed by atoms with Crippen LogP contribution in [0, 0.1) is 0 Å². The topological polar surface area (TPSA) is 78.5 Å². The van der Waals surface area contributed by atoms with Gasteiger partial charge >= 0.3 is 0 Å². The lowest BCUT2D eigenvalue weighted by molar-refractivity contribution is 0.0954. The molecule has 3 aromatic rings. The number of amides is 1. The van der Waals surface area contributed by atoms with Crippen molar-refractivity contribution >= 4 is 43.2 Å². The molecule has 1 amide bonds. The first-order chi connectivity index (χ1) is 14.3. The molecule has 0 atom stereocenters. The average Bonchev–Trinajstić information content (AvgIpc) is 2.74. The van der Waals surface area contributed by atoms with Crippen LogP contribution in [0.15, 0.2) is 88.2 Å². The molecular weight excluding hydrogens is 466 g/mol. The van der Waals surface area contributed by atoms with Crippen LogP contribution in [0.3, 0.4) is 0 Å². The van der Waals surface area contributed by atoms with Crippen molar-refractivity contribution in [2.24, 2.45) is 0 Å². The molecule has 6 nitrogen and oxygen atoms in total. The molecular formula is C22H22BrN3O3S. The Morgan fingerprint density at radius 2 is 1.57 bits per heavy atom. The van der Waals surface area contributed by atoms with Crippen molar-refractivity contribution in [3.8, 4) is 0 Å². The van der Waals surface area contributed by atoms with Crippen LogP contribution in [0.1, 0.15) is 10.4 Å². The highest BCUT2D eigenvalue weighted by Gasteiger charge is 2.14. The zero-order valence-electron chi connectivity index (χ0n) is 16.4. The molecule has 0 aliphatic rings. The second-order valence-corrected chi connectivity index (χ2v) is 9.25. The van der Waals surface area contributed by atoms with Gasteiger partial charge in [-0.1, -0.05) is 34.1 Å². The molecule has 0 aliphatic heterocycles. The fourth-order valence-corrected chi connectivity index (χ4v) is 4.09. The number of rotatable bonds is 8. The minimum absolute atomic E-state index is 0.162. The molecule has 2 N–H and O–H groups in total. The maximum absolute atomic E-state index is 12.4. The number of carbonyl (C=O) groups excluding carboxylic acids is 1. The van der Waals surface area contributed by atoms with E-state index in [1.165, 1.54) is 12.1 Å². The van der Waals surface area contributed by atoms with Crippen LogP contribution in [-0.2, 0) is 10.0 Å². The highest BCUT2D eigenvalue weighted by Crippen LogP contribution is 2.19. The number of halogens is 1. The summed E-state index contributed by atoms with van der Waals surface area (Å²) in [6.07, 6.45) is 0. The van der Waals surface area contributed by atoms with Crippen LogP contribution >= 0.6 is 15.9 Å². The van der Waals surface area contributed by atoms with Gasteiger partial charge in [0.25, 0.3) is 15.9 Å². The summed E-state index contributed by atoms with van der Waals surface area (Å²) >= 11 is 3.28. The molecule has 8 heteroatoms. The van der Waals surface area contributed by atoms with Crippen molar-refractivity contribution in [3.05, 3.63) is 88.9 Å². The second-order valence-electron chi connectivity index (χ2n) is 6.65. The number of nitrogens with zero attached hydrogens (tertiary/aromatic N) is 1. The Morgan fingerprint density at radius 1 is 0.933 bits per heavy atom. The summed E-state index contributed by atoms with van der Waals surface area (Å²) < 4.78 is 28.2. The van der Waals surface area contributed by atoms with Crippen LogP contribution in [0.2, 0.25) is 0 Å². The predicted molar refractivity (Wildman–Crippen MR) is 123 cm³/mol. The fraction of sp³-hybridized carbons (Fsp3) is 0.136. The Balaban J connectivity index is 1.54. The molecule has 0 bridgehead atoms. The van der Waals surface area contributed by atoms with Gasteiger partial charge in [0.2, 0.25) is 0 Å². The second kappa shape index (κ2) is 9.77. The molecule has 3 rings (SSSR count). The third-order valence-corrected chi connectivity index (χ3v) is 6.38. The lowest BCUT2D eigenvalue weighted by Crippen LogP contribution is -2.32. The molecule has 0 fully saturated rings. The van der Waals surface area contributed by atoms with Gasteiger partial charge in [-0.3, -0.25) is 9.52 Å². The van der Waals surface area contributed by atoms with Gasteiger partial charge in [-0.2, -0.15) is 0 Å². The van der Waals surface area contributed by atoms with Gasteiger partial charge in [0, 0.05) is 41.5 Å². The quantitative estimate of drug-likeness (QED) is 0.500. The summed E-state index contributed by atoms with van der Waals surface area (Å²) in [5.41, 5.74) is 1.93. The first kappa shape index (κ1) is 21.9. The molecule has 0 radical (unpaired) electrons. The van der Waals surface area contributed by atoms with Crippen molar-refractivity contribution < 1.29 is 13.2 Å². The van der Waals surface area contributed by atoms with Crippen LogP contribution in [0.5, 0.6) is 0 Å². The van der Waals surface area contributed by atoms with Crippen molar-refractivity contribution in [2.75, 3.05) is 29.8 Å². The number of carbonyl (C=O) groups is 1. The van der Waals surface area contributed by atoms with Gasteiger partial charge in [-0.05, 0) is 60.7 Å². The van der Waals surface area contributed by atoms with E-state index in [0.717, 1.165) is 10.2 Å². The highest BCUT2D eigenvalue weighted by molar-refractivity contribution is 9.10. The largest absolute Gasteiger partial charge is 0.373 e. The van der Waals surface area contributed by atoms with Crippen molar-refractivity contribution in [1.29, 1.82) is 0 Å². The van der Waals surface area contributed by atoms with E-state index < -0.39 is 10.0 Å². The average molecular weight is 488 g/mol. The maximum Gasteiger partial charge on any atom is 0.261 e. The Bertz CT molecular complexity index is 1090. The number of para-hydroxylation sites is 1. The van der Waals surface area contributed by atoms with Crippen LogP contribution in [0.4, 0.5) is 11.4 Å². The van der Waals surface area contributed by atoms with Crippen LogP contribution < -0.4 is 14.9 Å². The van der Waals surface area contributed by atoms with E-state index in [-0.39, 0.29) is 10.8 Å². The molecule has 3 aromatic carbocycles. The Labute approximate surface area is 185 Å². The molecule has 30 heavy (non-hydrogen) atoms. The summed E-state index contributed by atoms with van der Waals surface area (Å²) in [4.78, 5) is 14.6. The number of likely N-dealkylation sites (N-methyl/N-ethyl adjacent to an activating group) is 1. The number of anilines is 2. The molecule has 0 aromatic heterocycles. The van der Waals surface area contributed by atoms with E-state index in [1.807, 2.05) is 37.4 Å². The Kier molecular flexibility index (Phi) is 7.12. The summed E-state index contributed by atoms with van der Waals surface area (Å²) in [5, 5.41) is 2.87. The molecule has 0 spiro atoms. The summed E-state index contributed by atoms with van der Waals surface area (Å²) in [6.45, 7) is 1.16. The number of nitrogens with one attached hydrogen (secondary N) is 2. The molecule has 0 aliphatic carbocycles. The van der Waals surface area contributed by atoms with Gasteiger partial charge in [0.1, 0.15) is 0 Å². The lowest BCUT2D eigenvalue weighted by atomic mass is 10.2. The first-order valence-electron chi connectivity index (χ1n) is 9.28. The number of sulfonamides is 1. The van der Waals surface area contributed by atoms with E-state index in [0.29, 0.717) is 24.3 Å². The van der Waals surface area contributed by atoms with E-state index in [1.54, 1.807) is 36.4 Å². The van der Waals surface area contributed by atoms with Gasteiger partial charge < -0.3 is 10.2 Å². The van der Waals surface area contributed by atoms with Gasteiger partial charge in [-0.15, -0.1) is 0 Å². The third kappa shape index (κ3) is 5.84. The van der Waals surface area contributed by atoms with Crippen molar-refractivity contribution in [3.63, 3.8) is 0 Å². The van der Waals surface area contributed by atoms with E-state index in [9.17, 15) is 13.2 Å². The van der Waals surface area contributed by atoms with Crippen LogP contribution in [-0.4, -0.2) is 34.5 Å². The predicted octanol–water partition coefficient (Wildman–Crippen LogP) is 4.12. The summed E-state index contributed by atoms with van der Waals surface area (Å²) in [6, 6.07) is 22.6. The Morgan fingerprint density at radius 3 is 2.20 bits per heavy atom. The number of benzene rings is 3. The number of hydrogen-bond acceptors (Lipinski definition) is 4. The summed E-state index contributed by atoms with van der Waals surface area (Å²) in [7, 11) is -1.72. The zero-order valence-corrected chi connectivity index (χ0v) is 18.8. The molecule has 0 heterocycles. The molecule has 0 saturated carbocycles. The Hall–Kier alpha value is -2.84. The van der Waals surface area contributed by atoms with Crippen LogP contribution in [0.25, 0.3) is 0 Å². The first-order valence-corrected chi connectivity index (χ1v) is 11.6. The van der Waals surface area contributed by atoms with Crippen molar-refractivity contribution in [2.45, 2.75) is 4.90 Å². The lowest BCUT2D eigenvalue weighted by Gasteiger charge is -2.19. The maximum atomic E-state index is 12.4. The zero-order chi connectivity index (χ0) is 21.6. The molecule has 0 saturated heterocycles. The standard InChI is InChI=1S/C22H22BrN3O3S/c1-26(20-5-3-2-4-6-20)16-15-24-22(27)17-7-11-19(12-8-17)25-30(28,29)21-13-9-18(23)10-14-21/h2-14,25H,15-16H2,1H3,(H,24,27). The highest BCUT2D eigenvalue weighted by atomic mass is 79.9. The monoisotopic (exact) mass is 487 g/mol. The van der Waals surface area contributed by atoms with Gasteiger partial charge in [0.05, 0.1) is 4.90 Å². The minimum atomic E-state index is -3.69. The molecule has 156 valence electrons. The SMILES string of the molecule is CN(CCNC(=O)c1ccc(NS(=O)(=O)c2ccc(Br)cc2)cc1)c1ccccc1. The molecule has 0 unspecified atom stereocenters. The van der Waals surface area contributed by atoms with Gasteiger partial charge in [-0.25, -0.2) is 8.42 Å². The summed E-state index contributed by atoms with van der Waals surface area (Å²) in [5.74, 6) is -0.209. The van der Waals surface area contributed by atoms with E-state index in [4.69, 9.17) is 0 Å². The fourth-order valence-electron chi connectivity index (χ4n) is 2.77. The minimum Gasteiger partial charge on any atom is -0.373 e. The third-order valence-electron chi connectivity index (χ3n) is 4.45. The van der Waals surface area contributed by atoms with E-state index >= 15 is 0 Å².